The molecule has 0 N–H and O–H groups in total. The van der Waals surface area contributed by atoms with Crippen LogP contribution in [-0.2, 0) is 5.41 Å². The Balaban J connectivity index is 0.00000121. The van der Waals surface area contributed by atoms with E-state index in [0.717, 1.165) is 0 Å². The second-order valence-corrected chi connectivity index (χ2v) is 3.77. The van der Waals surface area contributed by atoms with Gasteiger partial charge in [0.1, 0.15) is 0 Å². The minimum atomic E-state index is 0. The van der Waals surface area contributed by atoms with Crippen molar-refractivity contribution < 1.29 is 5.11 Å². The van der Waals surface area contributed by atoms with Crippen LogP contribution in [-0.4, -0.2) is 27.3 Å². The van der Waals surface area contributed by atoms with Crippen LogP contribution in [0.2, 0.25) is 0 Å². The van der Waals surface area contributed by atoms with Crippen LogP contribution in [0.3, 0.4) is 0 Å². The second kappa shape index (κ2) is 4.26. The Morgan fingerprint density at radius 1 is 1.00 bits per heavy atom. The Hall–Kier alpha value is -0.0579. The summed E-state index contributed by atoms with van der Waals surface area (Å²) >= 11 is 0. The molecule has 62 valence electrons. The Kier molecular flexibility index (Phi) is 4.24. The van der Waals surface area contributed by atoms with Gasteiger partial charge >= 0.3 is 27.3 Å². The van der Waals surface area contributed by atoms with Crippen LogP contribution >= 0.6 is 0 Å². The molecular weight excluding hydrogens is 340 g/mol. The standard InChI is InChI=1S/C10H14O.Tl/c1-10(2,3)8-4-6-9(11)7-5-8;/h4-7,11H,1-3H3;/q;+1/p-1. The summed E-state index contributed by atoms with van der Waals surface area (Å²) < 4.78 is 0. The molecule has 1 rings (SSSR count). The molecule has 0 saturated carbocycles. The first-order valence-electron chi connectivity index (χ1n) is 3.78. The van der Waals surface area contributed by atoms with Gasteiger partial charge in [-0.2, -0.15) is 0 Å². The molecule has 1 nitrogen and oxygen atoms in total. The predicted octanol–water partition coefficient (Wildman–Crippen LogP) is 1.68. The smallest absolute Gasteiger partial charge is 0.872 e. The van der Waals surface area contributed by atoms with Crippen molar-refractivity contribution in [1.82, 2.24) is 0 Å². The SMILES string of the molecule is CC(C)(C)c1ccc([O-])cc1.[Tl+]. The van der Waals surface area contributed by atoms with E-state index in [4.69, 9.17) is 0 Å². The molecule has 0 atom stereocenters. The molecule has 0 saturated heterocycles. The third-order valence-corrected chi connectivity index (χ3v) is 1.72. The van der Waals surface area contributed by atoms with E-state index in [1.54, 1.807) is 12.1 Å². The van der Waals surface area contributed by atoms with Crippen molar-refractivity contribution >= 4 is 27.3 Å². The zero-order valence-electron chi connectivity index (χ0n) is 7.79. The van der Waals surface area contributed by atoms with Crippen molar-refractivity contribution in [3.05, 3.63) is 29.8 Å². The molecule has 0 radical (unpaired) electrons. The third kappa shape index (κ3) is 3.13. The molecule has 0 spiro atoms. The molecule has 2 heteroatoms. The first kappa shape index (κ1) is 11.9. The van der Waals surface area contributed by atoms with Crippen LogP contribution in [0, 0.1) is 0 Å². The van der Waals surface area contributed by atoms with Gasteiger partial charge in [-0.05, 0) is 11.0 Å². The largest absolute Gasteiger partial charge is 1.00 e. The fourth-order valence-electron chi connectivity index (χ4n) is 0.955. The Bertz CT molecular complexity index is 233. The first-order chi connectivity index (χ1) is 5.00. The molecule has 0 aliphatic heterocycles. The summed E-state index contributed by atoms with van der Waals surface area (Å²) in [5.74, 6) is 0.0815. The molecule has 1 aromatic rings. The van der Waals surface area contributed by atoms with Gasteiger partial charge < -0.3 is 5.11 Å². The molecular formula is C10H13OTl. The maximum atomic E-state index is 10.7. The van der Waals surface area contributed by atoms with Gasteiger partial charge in [-0.15, -0.1) is 5.75 Å². The minimum Gasteiger partial charge on any atom is -0.872 e. The zero-order valence-corrected chi connectivity index (χ0v) is 12.3. The molecule has 0 aliphatic carbocycles. The van der Waals surface area contributed by atoms with E-state index in [1.807, 2.05) is 12.1 Å². The monoisotopic (exact) mass is 354 g/mol. The predicted molar refractivity (Wildman–Crippen MR) is 50.3 cm³/mol. The van der Waals surface area contributed by atoms with Crippen molar-refractivity contribution in [2.75, 3.05) is 0 Å². The van der Waals surface area contributed by atoms with Crippen molar-refractivity contribution in [3.8, 4) is 5.75 Å². The summed E-state index contributed by atoms with van der Waals surface area (Å²) in [5.41, 5.74) is 1.35. The van der Waals surface area contributed by atoms with E-state index < -0.39 is 0 Å². The molecule has 0 amide bonds. The van der Waals surface area contributed by atoms with E-state index in [2.05, 4.69) is 20.8 Å². The van der Waals surface area contributed by atoms with Gasteiger partial charge in [0.25, 0.3) is 0 Å². The number of rotatable bonds is 0. The van der Waals surface area contributed by atoms with Crippen molar-refractivity contribution in [2.45, 2.75) is 26.2 Å². The maximum Gasteiger partial charge on any atom is 1.00 e. The number of hydrogen-bond acceptors (Lipinski definition) is 1. The van der Waals surface area contributed by atoms with Gasteiger partial charge in [-0.1, -0.05) is 45.0 Å². The van der Waals surface area contributed by atoms with Crippen LogP contribution in [0.15, 0.2) is 24.3 Å². The average Bonchev–Trinajstić information content (AvgIpc) is 1.86. The van der Waals surface area contributed by atoms with Gasteiger partial charge in [0, 0.05) is 0 Å². The first-order valence-corrected chi connectivity index (χ1v) is 3.78. The summed E-state index contributed by atoms with van der Waals surface area (Å²) in [5, 5.41) is 10.7. The Morgan fingerprint density at radius 3 is 1.75 bits per heavy atom. The van der Waals surface area contributed by atoms with Crippen molar-refractivity contribution in [1.29, 1.82) is 0 Å². The summed E-state index contributed by atoms with van der Waals surface area (Å²) in [6.45, 7) is 6.40. The number of hydrogen-bond donors (Lipinski definition) is 0. The average molecular weight is 354 g/mol. The van der Waals surface area contributed by atoms with Crippen LogP contribution in [0.1, 0.15) is 26.3 Å². The summed E-state index contributed by atoms with van der Waals surface area (Å²) in [7, 11) is 0. The maximum absolute atomic E-state index is 10.7. The van der Waals surface area contributed by atoms with Crippen molar-refractivity contribution in [3.63, 3.8) is 0 Å². The van der Waals surface area contributed by atoms with E-state index >= 15 is 0 Å². The molecule has 0 heterocycles. The fraction of sp³-hybridized carbons (Fsp3) is 0.400. The van der Waals surface area contributed by atoms with Crippen LogP contribution in [0.25, 0.3) is 0 Å². The molecule has 0 unspecified atom stereocenters. The minimum absolute atomic E-state index is 0. The third-order valence-electron chi connectivity index (χ3n) is 1.72. The van der Waals surface area contributed by atoms with Gasteiger partial charge in [0.2, 0.25) is 0 Å². The topological polar surface area (TPSA) is 23.1 Å². The van der Waals surface area contributed by atoms with E-state index in [0.29, 0.717) is 0 Å². The molecule has 0 fully saturated rings. The van der Waals surface area contributed by atoms with E-state index in [1.165, 1.54) is 5.56 Å². The molecule has 0 aliphatic rings. The quantitative estimate of drug-likeness (QED) is 0.651. The second-order valence-electron chi connectivity index (χ2n) is 3.77. The fourth-order valence-corrected chi connectivity index (χ4v) is 0.955. The van der Waals surface area contributed by atoms with Crippen molar-refractivity contribution in [2.24, 2.45) is 0 Å². The van der Waals surface area contributed by atoms with Crippen LogP contribution in [0.4, 0.5) is 0 Å². The molecule has 12 heavy (non-hydrogen) atoms. The summed E-state index contributed by atoms with van der Waals surface area (Å²) in [6.07, 6.45) is 0. The summed E-state index contributed by atoms with van der Waals surface area (Å²) in [6, 6.07) is 7.01. The van der Waals surface area contributed by atoms with Crippen LogP contribution < -0.4 is 5.11 Å². The van der Waals surface area contributed by atoms with E-state index in [-0.39, 0.29) is 38.5 Å². The summed E-state index contributed by atoms with van der Waals surface area (Å²) in [4.78, 5) is 0. The molecule has 0 bridgehead atoms. The van der Waals surface area contributed by atoms with Gasteiger partial charge in [-0.3, -0.25) is 0 Å². The zero-order chi connectivity index (χ0) is 8.48. The number of benzene rings is 1. The van der Waals surface area contributed by atoms with Gasteiger partial charge in [0.05, 0.1) is 0 Å². The van der Waals surface area contributed by atoms with Crippen LogP contribution in [0.5, 0.6) is 5.75 Å². The Morgan fingerprint density at radius 2 is 1.42 bits per heavy atom. The Labute approximate surface area is 94.0 Å². The molecule has 0 aromatic heterocycles. The normalized spacial score (nSPS) is 10.6. The van der Waals surface area contributed by atoms with Gasteiger partial charge in [-0.25, -0.2) is 0 Å². The van der Waals surface area contributed by atoms with Gasteiger partial charge in [0.15, 0.2) is 0 Å². The molecule has 1 aromatic carbocycles. The van der Waals surface area contributed by atoms with E-state index in [9.17, 15) is 5.11 Å².